The highest BCUT2D eigenvalue weighted by Crippen LogP contribution is 2.27. The monoisotopic (exact) mass is 223 g/mol. The number of rotatable bonds is 2. The van der Waals surface area contributed by atoms with Crippen LogP contribution in [0.2, 0.25) is 5.02 Å². The molecule has 4 N–H and O–H groups in total. The van der Waals surface area contributed by atoms with Gasteiger partial charge in [0, 0.05) is 22.5 Å². The fourth-order valence-corrected chi connectivity index (χ4v) is 1.56. The van der Waals surface area contributed by atoms with Crippen LogP contribution in [0.1, 0.15) is 17.4 Å². The van der Waals surface area contributed by atoms with Gasteiger partial charge >= 0.3 is 0 Å². The third kappa shape index (κ3) is 1.95. The minimum atomic E-state index is -0.801. The van der Waals surface area contributed by atoms with Crippen molar-refractivity contribution < 1.29 is 5.11 Å². The molecule has 2 rings (SSSR count). The van der Waals surface area contributed by atoms with Gasteiger partial charge in [0.2, 0.25) is 0 Å². The number of aromatic amines is 1. The molecule has 0 saturated heterocycles. The van der Waals surface area contributed by atoms with Crippen molar-refractivity contribution in [3.8, 4) is 0 Å². The van der Waals surface area contributed by atoms with E-state index < -0.39 is 6.10 Å². The van der Waals surface area contributed by atoms with Crippen LogP contribution in [0.5, 0.6) is 0 Å². The maximum Gasteiger partial charge on any atom is 0.122 e. The molecule has 1 unspecified atom stereocenters. The smallest absolute Gasteiger partial charge is 0.122 e. The quantitative estimate of drug-likeness (QED) is 0.679. The van der Waals surface area contributed by atoms with Crippen molar-refractivity contribution in [2.75, 3.05) is 5.73 Å². The first-order chi connectivity index (χ1) is 7.18. The summed E-state index contributed by atoms with van der Waals surface area (Å²) in [7, 11) is 0. The van der Waals surface area contributed by atoms with Gasteiger partial charge in [0.25, 0.3) is 0 Å². The standard InChI is InChI=1S/C10H10ClN3O/c11-6-1-2-7(8(12)5-6)10(15)9-3-4-13-14-9/h1-5,10,15H,12H2,(H,13,14). The summed E-state index contributed by atoms with van der Waals surface area (Å²) in [6.07, 6.45) is 0.773. The van der Waals surface area contributed by atoms with Crippen LogP contribution < -0.4 is 5.73 Å². The third-order valence-electron chi connectivity index (χ3n) is 2.16. The number of hydrogen-bond acceptors (Lipinski definition) is 3. The Morgan fingerprint density at radius 2 is 2.20 bits per heavy atom. The summed E-state index contributed by atoms with van der Waals surface area (Å²) >= 11 is 5.76. The Balaban J connectivity index is 2.38. The van der Waals surface area contributed by atoms with Crippen molar-refractivity contribution in [1.29, 1.82) is 0 Å². The van der Waals surface area contributed by atoms with Crippen molar-refractivity contribution in [3.63, 3.8) is 0 Å². The number of aliphatic hydroxyl groups excluding tert-OH is 1. The third-order valence-corrected chi connectivity index (χ3v) is 2.40. The van der Waals surface area contributed by atoms with E-state index in [1.54, 1.807) is 30.5 Å². The molecule has 1 atom stereocenters. The fourth-order valence-electron chi connectivity index (χ4n) is 1.38. The average molecular weight is 224 g/mol. The molecule has 5 heteroatoms. The molecule has 78 valence electrons. The highest BCUT2D eigenvalue weighted by Gasteiger charge is 2.14. The maximum atomic E-state index is 9.96. The number of H-pyrrole nitrogens is 1. The summed E-state index contributed by atoms with van der Waals surface area (Å²) in [5, 5.41) is 17.0. The van der Waals surface area contributed by atoms with Gasteiger partial charge in [-0.15, -0.1) is 0 Å². The number of nitrogens with one attached hydrogen (secondary N) is 1. The van der Waals surface area contributed by atoms with Crippen LogP contribution in [0.25, 0.3) is 0 Å². The van der Waals surface area contributed by atoms with Crippen LogP contribution >= 0.6 is 11.6 Å². The summed E-state index contributed by atoms with van der Waals surface area (Å²) in [6, 6.07) is 6.69. The molecule has 0 saturated carbocycles. The Hall–Kier alpha value is -1.52. The van der Waals surface area contributed by atoms with Crippen LogP contribution in [-0.4, -0.2) is 15.3 Å². The minimum Gasteiger partial charge on any atom is -0.398 e. The van der Waals surface area contributed by atoms with Crippen LogP contribution in [0.4, 0.5) is 5.69 Å². The van der Waals surface area contributed by atoms with Crippen molar-refractivity contribution in [1.82, 2.24) is 10.2 Å². The fraction of sp³-hybridized carbons (Fsp3) is 0.100. The highest BCUT2D eigenvalue weighted by molar-refractivity contribution is 6.30. The van der Waals surface area contributed by atoms with E-state index >= 15 is 0 Å². The second-order valence-electron chi connectivity index (χ2n) is 3.19. The van der Waals surface area contributed by atoms with Crippen LogP contribution in [0, 0.1) is 0 Å². The van der Waals surface area contributed by atoms with Gasteiger partial charge in [0.05, 0.1) is 5.69 Å². The molecular weight excluding hydrogens is 214 g/mol. The van der Waals surface area contributed by atoms with Gasteiger partial charge in [-0.2, -0.15) is 5.10 Å². The normalized spacial score (nSPS) is 12.7. The van der Waals surface area contributed by atoms with Gasteiger partial charge in [0.1, 0.15) is 6.10 Å². The second kappa shape index (κ2) is 3.92. The van der Waals surface area contributed by atoms with Gasteiger partial charge in [-0.3, -0.25) is 5.10 Å². The molecule has 2 aromatic rings. The second-order valence-corrected chi connectivity index (χ2v) is 3.62. The van der Waals surface area contributed by atoms with E-state index in [2.05, 4.69) is 10.2 Å². The first-order valence-electron chi connectivity index (χ1n) is 4.41. The number of halogens is 1. The van der Waals surface area contributed by atoms with Crippen molar-refractivity contribution in [2.24, 2.45) is 0 Å². The van der Waals surface area contributed by atoms with Crippen LogP contribution in [-0.2, 0) is 0 Å². The molecule has 0 amide bonds. The number of anilines is 1. The van der Waals surface area contributed by atoms with Gasteiger partial charge in [-0.1, -0.05) is 17.7 Å². The average Bonchev–Trinajstić information content (AvgIpc) is 2.69. The number of aliphatic hydroxyl groups is 1. The van der Waals surface area contributed by atoms with Crippen LogP contribution in [0.15, 0.2) is 30.5 Å². The lowest BCUT2D eigenvalue weighted by molar-refractivity contribution is 0.216. The van der Waals surface area contributed by atoms with Crippen LogP contribution in [0.3, 0.4) is 0 Å². The topological polar surface area (TPSA) is 74.9 Å². The molecule has 1 heterocycles. The van der Waals surface area contributed by atoms with Crippen molar-refractivity contribution >= 4 is 17.3 Å². The molecule has 0 spiro atoms. The number of nitrogens with zero attached hydrogens (tertiary/aromatic N) is 1. The molecule has 4 nitrogen and oxygen atoms in total. The largest absolute Gasteiger partial charge is 0.398 e. The van der Waals surface area contributed by atoms with E-state index in [0.717, 1.165) is 0 Å². The molecular formula is C10H10ClN3O. The summed E-state index contributed by atoms with van der Waals surface area (Å²) < 4.78 is 0. The Morgan fingerprint density at radius 3 is 2.80 bits per heavy atom. The number of nitrogen functional groups attached to an aromatic ring is 1. The minimum absolute atomic E-state index is 0.463. The maximum absolute atomic E-state index is 9.96. The lowest BCUT2D eigenvalue weighted by Crippen LogP contribution is -2.04. The van der Waals surface area contributed by atoms with Crippen molar-refractivity contribution in [3.05, 3.63) is 46.7 Å². The zero-order chi connectivity index (χ0) is 10.8. The van der Waals surface area contributed by atoms with E-state index in [9.17, 15) is 5.11 Å². The SMILES string of the molecule is Nc1cc(Cl)ccc1C(O)c1ccn[nH]1. The number of aromatic nitrogens is 2. The Labute approximate surface area is 91.7 Å². The Bertz CT molecular complexity index is 456. The van der Waals surface area contributed by atoms with Crippen molar-refractivity contribution in [2.45, 2.75) is 6.10 Å². The molecule has 0 aliphatic heterocycles. The molecule has 1 aromatic heterocycles. The summed E-state index contributed by atoms with van der Waals surface area (Å²) in [5.74, 6) is 0. The lowest BCUT2D eigenvalue weighted by atomic mass is 10.1. The summed E-state index contributed by atoms with van der Waals surface area (Å²) in [5.41, 5.74) is 7.43. The first-order valence-corrected chi connectivity index (χ1v) is 4.78. The molecule has 0 aliphatic carbocycles. The van der Waals surface area contributed by atoms with E-state index in [-0.39, 0.29) is 0 Å². The predicted molar refractivity (Wildman–Crippen MR) is 58.5 cm³/mol. The Kier molecular flexibility index (Phi) is 2.62. The predicted octanol–water partition coefficient (Wildman–Crippen LogP) is 1.73. The van der Waals surface area contributed by atoms with Gasteiger partial charge < -0.3 is 10.8 Å². The number of benzene rings is 1. The van der Waals surface area contributed by atoms with E-state index in [1.807, 2.05) is 0 Å². The zero-order valence-electron chi connectivity index (χ0n) is 7.81. The molecule has 0 aliphatic rings. The summed E-state index contributed by atoms with van der Waals surface area (Å²) in [6.45, 7) is 0. The molecule has 1 aromatic carbocycles. The molecule has 0 radical (unpaired) electrons. The van der Waals surface area contributed by atoms with E-state index in [1.165, 1.54) is 0 Å². The molecule has 15 heavy (non-hydrogen) atoms. The van der Waals surface area contributed by atoms with E-state index in [4.69, 9.17) is 17.3 Å². The van der Waals surface area contributed by atoms with Gasteiger partial charge in [-0.25, -0.2) is 0 Å². The molecule has 0 bridgehead atoms. The first kappa shape index (κ1) is 10.0. The lowest BCUT2D eigenvalue weighted by Gasteiger charge is -2.11. The Morgan fingerprint density at radius 1 is 1.40 bits per heavy atom. The number of hydrogen-bond donors (Lipinski definition) is 3. The highest BCUT2D eigenvalue weighted by atomic mass is 35.5. The summed E-state index contributed by atoms with van der Waals surface area (Å²) in [4.78, 5) is 0. The van der Waals surface area contributed by atoms with E-state index in [0.29, 0.717) is 22.0 Å². The van der Waals surface area contributed by atoms with Gasteiger partial charge in [0.15, 0.2) is 0 Å². The zero-order valence-corrected chi connectivity index (χ0v) is 8.57. The molecule has 0 fully saturated rings. The number of nitrogens with two attached hydrogens (primary N) is 1. The van der Waals surface area contributed by atoms with Gasteiger partial charge in [-0.05, 0) is 18.2 Å².